The normalized spacial score (nSPS) is 12.2. The van der Waals surface area contributed by atoms with Crippen molar-refractivity contribution in [2.24, 2.45) is 0 Å². The Kier molecular flexibility index (Phi) is 3.97. The highest BCUT2D eigenvalue weighted by atomic mass is 79.9. The summed E-state index contributed by atoms with van der Waals surface area (Å²) < 4.78 is 14.5. The first-order chi connectivity index (χ1) is 8.56. The summed E-state index contributed by atoms with van der Waals surface area (Å²) in [6.07, 6.45) is 3.52. The number of rotatable bonds is 3. The fourth-order valence-electron chi connectivity index (χ4n) is 1.81. The number of anilines is 1. The number of halogens is 2. The van der Waals surface area contributed by atoms with Gasteiger partial charge in [-0.1, -0.05) is 22.0 Å². The van der Waals surface area contributed by atoms with Gasteiger partial charge in [-0.25, -0.2) is 4.39 Å². The molecule has 1 aromatic heterocycles. The third-order valence-electron chi connectivity index (χ3n) is 2.69. The zero-order chi connectivity index (χ0) is 13.1. The molecule has 0 bridgehead atoms. The van der Waals surface area contributed by atoms with Crippen LogP contribution in [0.15, 0.2) is 41.1 Å². The summed E-state index contributed by atoms with van der Waals surface area (Å²) in [6.45, 7) is 3.90. The first-order valence-electron chi connectivity index (χ1n) is 5.69. The molecule has 2 nitrogen and oxygen atoms in total. The number of nitrogens with zero attached hydrogens (tertiary/aromatic N) is 1. The van der Waals surface area contributed by atoms with Crippen LogP contribution in [0.25, 0.3) is 0 Å². The van der Waals surface area contributed by atoms with Gasteiger partial charge in [0.25, 0.3) is 0 Å². The topological polar surface area (TPSA) is 24.9 Å². The van der Waals surface area contributed by atoms with E-state index in [0.29, 0.717) is 5.56 Å². The van der Waals surface area contributed by atoms with E-state index in [2.05, 4.69) is 26.2 Å². The van der Waals surface area contributed by atoms with Crippen molar-refractivity contribution in [3.8, 4) is 0 Å². The highest BCUT2D eigenvalue weighted by molar-refractivity contribution is 9.10. The van der Waals surface area contributed by atoms with E-state index >= 15 is 0 Å². The van der Waals surface area contributed by atoms with Crippen molar-refractivity contribution in [2.75, 3.05) is 5.32 Å². The summed E-state index contributed by atoms with van der Waals surface area (Å²) in [7, 11) is 0. The standard InChI is InChI=1S/C14H14BrFN2/c1-9-5-12(8-17-7-9)18-10(2)13-4-3-11(15)6-14(13)16/h3-8,10,18H,1-2H3. The van der Waals surface area contributed by atoms with E-state index in [9.17, 15) is 4.39 Å². The fraction of sp³-hybridized carbons (Fsp3) is 0.214. The Morgan fingerprint density at radius 3 is 2.72 bits per heavy atom. The van der Waals surface area contributed by atoms with Gasteiger partial charge < -0.3 is 5.32 Å². The van der Waals surface area contributed by atoms with Gasteiger partial charge in [0.15, 0.2) is 0 Å². The second-order valence-corrected chi connectivity index (χ2v) is 5.20. The lowest BCUT2D eigenvalue weighted by Gasteiger charge is -2.16. The Bertz CT molecular complexity index is 557. The van der Waals surface area contributed by atoms with Crippen LogP contribution in [0.5, 0.6) is 0 Å². The fourth-order valence-corrected chi connectivity index (χ4v) is 2.15. The predicted molar refractivity (Wildman–Crippen MR) is 75.1 cm³/mol. The molecule has 1 unspecified atom stereocenters. The van der Waals surface area contributed by atoms with E-state index < -0.39 is 0 Å². The zero-order valence-corrected chi connectivity index (χ0v) is 11.8. The number of benzene rings is 1. The maximum absolute atomic E-state index is 13.8. The molecule has 0 radical (unpaired) electrons. The summed E-state index contributed by atoms with van der Waals surface area (Å²) in [5.74, 6) is -0.218. The van der Waals surface area contributed by atoms with Gasteiger partial charge in [-0.3, -0.25) is 4.98 Å². The molecule has 0 saturated heterocycles. The zero-order valence-electron chi connectivity index (χ0n) is 10.2. The monoisotopic (exact) mass is 308 g/mol. The van der Waals surface area contributed by atoms with Gasteiger partial charge in [0.2, 0.25) is 0 Å². The minimum Gasteiger partial charge on any atom is -0.377 e. The Hall–Kier alpha value is -1.42. The van der Waals surface area contributed by atoms with Gasteiger partial charge in [0.1, 0.15) is 5.82 Å². The van der Waals surface area contributed by atoms with Gasteiger partial charge in [0.05, 0.1) is 11.7 Å². The molecule has 0 aliphatic carbocycles. The van der Waals surface area contributed by atoms with Crippen LogP contribution >= 0.6 is 15.9 Å². The smallest absolute Gasteiger partial charge is 0.129 e. The molecule has 0 fully saturated rings. The summed E-state index contributed by atoms with van der Waals surface area (Å²) in [4.78, 5) is 4.10. The van der Waals surface area contributed by atoms with Crippen LogP contribution in [0.2, 0.25) is 0 Å². The lowest BCUT2D eigenvalue weighted by atomic mass is 10.1. The number of nitrogens with one attached hydrogen (secondary N) is 1. The minimum absolute atomic E-state index is 0.110. The number of pyridine rings is 1. The van der Waals surface area contributed by atoms with E-state index in [1.807, 2.05) is 26.0 Å². The molecule has 4 heteroatoms. The molecule has 0 aliphatic heterocycles. The SMILES string of the molecule is Cc1cncc(NC(C)c2ccc(Br)cc2F)c1. The van der Waals surface area contributed by atoms with E-state index in [1.165, 1.54) is 6.07 Å². The first-order valence-corrected chi connectivity index (χ1v) is 6.48. The van der Waals surface area contributed by atoms with E-state index in [0.717, 1.165) is 15.7 Å². The second kappa shape index (κ2) is 5.48. The van der Waals surface area contributed by atoms with Crippen molar-refractivity contribution in [1.82, 2.24) is 4.98 Å². The summed E-state index contributed by atoms with van der Waals surface area (Å²) in [6, 6.07) is 6.97. The lowest BCUT2D eigenvalue weighted by molar-refractivity contribution is 0.599. The number of aromatic nitrogens is 1. The Morgan fingerprint density at radius 1 is 1.28 bits per heavy atom. The summed E-state index contributed by atoms with van der Waals surface area (Å²) >= 11 is 3.25. The maximum atomic E-state index is 13.8. The van der Waals surface area contributed by atoms with E-state index in [1.54, 1.807) is 18.5 Å². The van der Waals surface area contributed by atoms with Gasteiger partial charge in [-0.2, -0.15) is 0 Å². The molecule has 0 aliphatic rings. The Morgan fingerprint density at radius 2 is 2.06 bits per heavy atom. The molecule has 1 heterocycles. The Labute approximate surface area is 114 Å². The highest BCUT2D eigenvalue weighted by Crippen LogP contribution is 2.24. The molecule has 0 saturated carbocycles. The summed E-state index contributed by atoms with van der Waals surface area (Å²) in [5, 5.41) is 3.24. The van der Waals surface area contributed by atoms with Crippen molar-refractivity contribution >= 4 is 21.6 Å². The van der Waals surface area contributed by atoms with Gasteiger partial charge in [-0.15, -0.1) is 0 Å². The molecule has 1 aromatic carbocycles. The van der Waals surface area contributed by atoms with Crippen molar-refractivity contribution < 1.29 is 4.39 Å². The largest absolute Gasteiger partial charge is 0.377 e. The average molecular weight is 309 g/mol. The molecule has 2 rings (SSSR count). The third kappa shape index (κ3) is 3.07. The minimum atomic E-state index is -0.218. The molecule has 1 N–H and O–H groups in total. The van der Waals surface area contributed by atoms with Crippen molar-refractivity contribution in [1.29, 1.82) is 0 Å². The van der Waals surface area contributed by atoms with Gasteiger partial charge in [0, 0.05) is 22.4 Å². The maximum Gasteiger partial charge on any atom is 0.129 e. The number of aryl methyl sites for hydroxylation is 1. The third-order valence-corrected chi connectivity index (χ3v) is 3.18. The average Bonchev–Trinajstić information content (AvgIpc) is 2.28. The summed E-state index contributed by atoms with van der Waals surface area (Å²) in [5.41, 5.74) is 2.60. The number of hydrogen-bond acceptors (Lipinski definition) is 2. The molecule has 2 aromatic rings. The van der Waals surface area contributed by atoms with Gasteiger partial charge in [-0.05, 0) is 37.6 Å². The van der Waals surface area contributed by atoms with Gasteiger partial charge >= 0.3 is 0 Å². The van der Waals surface area contributed by atoms with Crippen LogP contribution in [0, 0.1) is 12.7 Å². The Balaban J connectivity index is 2.19. The van der Waals surface area contributed by atoms with Crippen LogP contribution < -0.4 is 5.32 Å². The molecule has 94 valence electrons. The molecular weight excluding hydrogens is 295 g/mol. The second-order valence-electron chi connectivity index (χ2n) is 4.28. The first kappa shape index (κ1) is 13.0. The lowest BCUT2D eigenvalue weighted by Crippen LogP contribution is -2.08. The van der Waals surface area contributed by atoms with E-state index in [4.69, 9.17) is 0 Å². The van der Waals surface area contributed by atoms with E-state index in [-0.39, 0.29) is 11.9 Å². The molecular formula is C14H14BrFN2. The van der Waals surface area contributed by atoms with Crippen molar-refractivity contribution in [2.45, 2.75) is 19.9 Å². The molecule has 1 atom stereocenters. The molecule has 0 amide bonds. The van der Waals surface area contributed by atoms with Crippen LogP contribution in [0.4, 0.5) is 10.1 Å². The predicted octanol–water partition coefficient (Wildman–Crippen LogP) is 4.46. The number of hydrogen-bond donors (Lipinski definition) is 1. The van der Waals surface area contributed by atoms with Crippen molar-refractivity contribution in [3.05, 3.63) is 58.1 Å². The quantitative estimate of drug-likeness (QED) is 0.905. The van der Waals surface area contributed by atoms with Crippen molar-refractivity contribution in [3.63, 3.8) is 0 Å². The van der Waals surface area contributed by atoms with Crippen LogP contribution in [-0.2, 0) is 0 Å². The highest BCUT2D eigenvalue weighted by Gasteiger charge is 2.11. The molecule has 0 spiro atoms. The molecule has 18 heavy (non-hydrogen) atoms. The van der Waals surface area contributed by atoms with Crippen LogP contribution in [0.1, 0.15) is 24.1 Å². The van der Waals surface area contributed by atoms with Crippen LogP contribution in [0.3, 0.4) is 0 Å². The van der Waals surface area contributed by atoms with Crippen LogP contribution in [-0.4, -0.2) is 4.98 Å².